The Hall–Kier alpha value is -2.56. The van der Waals surface area contributed by atoms with E-state index in [4.69, 9.17) is 9.84 Å². The third kappa shape index (κ3) is 3.47. The number of rotatable bonds is 6. The van der Waals surface area contributed by atoms with Crippen molar-refractivity contribution < 1.29 is 14.6 Å². The monoisotopic (exact) mass is 272 g/mol. The topological polar surface area (TPSA) is 71.5 Å². The number of hydrogen-bond donors (Lipinski definition) is 2. The Bertz CT molecular complexity index is 599. The first kappa shape index (κ1) is 13.9. The van der Waals surface area contributed by atoms with Crippen molar-refractivity contribution >= 4 is 11.7 Å². The Kier molecular flexibility index (Phi) is 4.55. The van der Waals surface area contributed by atoms with Crippen molar-refractivity contribution in [3.63, 3.8) is 0 Å². The standard InChI is InChI=1S/C15H16N2O3/c1-2-20-14-9-4-3-7-12(14)16-10-11-6-5-8-13(17-11)15(18)19/h3-9,16H,2,10H2,1H3,(H,18,19). The highest BCUT2D eigenvalue weighted by atomic mass is 16.5. The van der Waals surface area contributed by atoms with E-state index in [0.29, 0.717) is 18.8 Å². The summed E-state index contributed by atoms with van der Waals surface area (Å²) in [4.78, 5) is 14.9. The van der Waals surface area contributed by atoms with Crippen molar-refractivity contribution in [2.24, 2.45) is 0 Å². The average Bonchev–Trinajstić information content (AvgIpc) is 2.47. The van der Waals surface area contributed by atoms with Gasteiger partial charge in [-0.1, -0.05) is 18.2 Å². The highest BCUT2D eigenvalue weighted by Crippen LogP contribution is 2.24. The largest absolute Gasteiger partial charge is 0.492 e. The second kappa shape index (κ2) is 6.56. The molecule has 0 fully saturated rings. The lowest BCUT2D eigenvalue weighted by Gasteiger charge is -2.12. The number of carboxylic acid groups (broad SMARTS) is 1. The van der Waals surface area contributed by atoms with Crippen LogP contribution in [0, 0.1) is 0 Å². The number of anilines is 1. The van der Waals surface area contributed by atoms with E-state index in [1.807, 2.05) is 31.2 Å². The molecule has 0 amide bonds. The number of para-hydroxylation sites is 2. The number of aromatic nitrogens is 1. The number of hydrogen-bond acceptors (Lipinski definition) is 4. The fourth-order valence-corrected chi connectivity index (χ4v) is 1.78. The van der Waals surface area contributed by atoms with Gasteiger partial charge in [0.1, 0.15) is 11.4 Å². The van der Waals surface area contributed by atoms with Gasteiger partial charge in [0.2, 0.25) is 0 Å². The van der Waals surface area contributed by atoms with Crippen LogP contribution in [-0.2, 0) is 6.54 Å². The molecule has 0 aliphatic carbocycles. The lowest BCUT2D eigenvalue weighted by molar-refractivity contribution is 0.0690. The molecule has 0 atom stereocenters. The molecule has 1 aromatic carbocycles. The minimum atomic E-state index is -1.03. The molecule has 0 radical (unpaired) electrons. The number of pyridine rings is 1. The normalized spacial score (nSPS) is 10.1. The predicted molar refractivity (Wildman–Crippen MR) is 76.1 cm³/mol. The molecule has 5 nitrogen and oxygen atoms in total. The fraction of sp³-hybridized carbons (Fsp3) is 0.200. The van der Waals surface area contributed by atoms with Crippen molar-refractivity contribution in [1.82, 2.24) is 4.98 Å². The van der Waals surface area contributed by atoms with Crippen LogP contribution in [-0.4, -0.2) is 22.7 Å². The summed E-state index contributed by atoms with van der Waals surface area (Å²) in [6, 6.07) is 12.5. The summed E-state index contributed by atoms with van der Waals surface area (Å²) < 4.78 is 5.51. The Labute approximate surface area is 117 Å². The molecule has 1 aromatic heterocycles. The van der Waals surface area contributed by atoms with Gasteiger partial charge < -0.3 is 15.2 Å². The maximum Gasteiger partial charge on any atom is 0.354 e. The van der Waals surface area contributed by atoms with Gasteiger partial charge in [-0.3, -0.25) is 0 Å². The zero-order valence-corrected chi connectivity index (χ0v) is 11.2. The Morgan fingerprint density at radius 2 is 2.05 bits per heavy atom. The van der Waals surface area contributed by atoms with E-state index < -0.39 is 5.97 Å². The zero-order chi connectivity index (χ0) is 14.4. The van der Waals surface area contributed by atoms with Crippen LogP contribution in [0.2, 0.25) is 0 Å². The van der Waals surface area contributed by atoms with E-state index in [2.05, 4.69) is 10.3 Å². The summed E-state index contributed by atoms with van der Waals surface area (Å²) in [7, 11) is 0. The van der Waals surface area contributed by atoms with Crippen LogP contribution in [0.25, 0.3) is 0 Å². The number of nitrogens with one attached hydrogen (secondary N) is 1. The van der Waals surface area contributed by atoms with E-state index in [1.54, 1.807) is 12.1 Å². The van der Waals surface area contributed by atoms with Gasteiger partial charge in [-0.2, -0.15) is 0 Å². The first-order valence-corrected chi connectivity index (χ1v) is 6.35. The van der Waals surface area contributed by atoms with E-state index in [-0.39, 0.29) is 5.69 Å². The molecule has 0 aliphatic heterocycles. The second-order valence-electron chi connectivity index (χ2n) is 4.10. The quantitative estimate of drug-likeness (QED) is 0.846. The molecular formula is C15H16N2O3. The fourth-order valence-electron chi connectivity index (χ4n) is 1.78. The molecule has 20 heavy (non-hydrogen) atoms. The molecule has 0 saturated carbocycles. The van der Waals surface area contributed by atoms with Crippen molar-refractivity contribution in [3.8, 4) is 5.75 Å². The van der Waals surface area contributed by atoms with Crippen LogP contribution in [0.5, 0.6) is 5.75 Å². The van der Waals surface area contributed by atoms with Gasteiger partial charge in [0.15, 0.2) is 0 Å². The molecule has 2 aromatic rings. The Balaban J connectivity index is 2.09. The lowest BCUT2D eigenvalue weighted by Crippen LogP contribution is -2.07. The van der Waals surface area contributed by atoms with Crippen LogP contribution in [0.1, 0.15) is 23.1 Å². The van der Waals surface area contributed by atoms with Crippen LogP contribution in [0.15, 0.2) is 42.5 Å². The van der Waals surface area contributed by atoms with Gasteiger partial charge in [0, 0.05) is 0 Å². The number of ether oxygens (including phenoxy) is 1. The molecule has 5 heteroatoms. The molecule has 0 spiro atoms. The highest BCUT2D eigenvalue weighted by molar-refractivity contribution is 5.85. The number of carbonyl (C=O) groups is 1. The average molecular weight is 272 g/mol. The van der Waals surface area contributed by atoms with Crippen molar-refractivity contribution in [1.29, 1.82) is 0 Å². The molecule has 0 bridgehead atoms. The van der Waals surface area contributed by atoms with Crippen LogP contribution in [0.4, 0.5) is 5.69 Å². The molecule has 2 rings (SSSR count). The zero-order valence-electron chi connectivity index (χ0n) is 11.2. The van der Waals surface area contributed by atoms with Crippen molar-refractivity contribution in [2.45, 2.75) is 13.5 Å². The summed E-state index contributed by atoms with van der Waals surface area (Å²) >= 11 is 0. The Morgan fingerprint density at radius 3 is 2.80 bits per heavy atom. The lowest BCUT2D eigenvalue weighted by atomic mass is 10.2. The third-order valence-corrected chi connectivity index (χ3v) is 2.67. The molecule has 1 heterocycles. The predicted octanol–water partition coefficient (Wildman–Crippen LogP) is 2.79. The van der Waals surface area contributed by atoms with E-state index in [0.717, 1.165) is 11.4 Å². The van der Waals surface area contributed by atoms with E-state index in [1.165, 1.54) is 6.07 Å². The first-order valence-electron chi connectivity index (χ1n) is 6.35. The minimum Gasteiger partial charge on any atom is -0.492 e. The maximum atomic E-state index is 10.9. The molecular weight excluding hydrogens is 256 g/mol. The molecule has 0 unspecified atom stereocenters. The number of carboxylic acids is 1. The van der Waals surface area contributed by atoms with E-state index >= 15 is 0 Å². The molecule has 0 aliphatic rings. The van der Waals surface area contributed by atoms with Gasteiger partial charge >= 0.3 is 5.97 Å². The highest BCUT2D eigenvalue weighted by Gasteiger charge is 2.06. The SMILES string of the molecule is CCOc1ccccc1NCc1cccc(C(=O)O)n1. The van der Waals surface area contributed by atoms with Crippen LogP contribution >= 0.6 is 0 Å². The summed E-state index contributed by atoms with van der Waals surface area (Å²) in [6.45, 7) is 2.95. The van der Waals surface area contributed by atoms with Crippen LogP contribution in [0.3, 0.4) is 0 Å². The number of benzene rings is 1. The molecule has 2 N–H and O–H groups in total. The van der Waals surface area contributed by atoms with Gasteiger partial charge in [-0.25, -0.2) is 9.78 Å². The van der Waals surface area contributed by atoms with Gasteiger partial charge in [0.25, 0.3) is 0 Å². The van der Waals surface area contributed by atoms with E-state index in [9.17, 15) is 4.79 Å². The Morgan fingerprint density at radius 1 is 1.25 bits per heavy atom. The number of aromatic carboxylic acids is 1. The maximum absolute atomic E-state index is 10.9. The van der Waals surface area contributed by atoms with Gasteiger partial charge in [-0.15, -0.1) is 0 Å². The van der Waals surface area contributed by atoms with Gasteiger partial charge in [-0.05, 0) is 31.2 Å². The van der Waals surface area contributed by atoms with Crippen molar-refractivity contribution in [3.05, 3.63) is 53.9 Å². The molecule has 104 valence electrons. The minimum absolute atomic E-state index is 0.0439. The summed E-state index contributed by atoms with van der Waals surface area (Å²) in [5.41, 5.74) is 1.57. The second-order valence-corrected chi connectivity index (χ2v) is 4.10. The first-order chi connectivity index (χ1) is 9.70. The van der Waals surface area contributed by atoms with Crippen LogP contribution < -0.4 is 10.1 Å². The van der Waals surface area contributed by atoms with Crippen molar-refractivity contribution in [2.75, 3.05) is 11.9 Å². The van der Waals surface area contributed by atoms with Gasteiger partial charge in [0.05, 0.1) is 24.5 Å². The summed E-state index contributed by atoms with van der Waals surface area (Å²) in [6.07, 6.45) is 0. The number of nitrogens with zero attached hydrogens (tertiary/aromatic N) is 1. The smallest absolute Gasteiger partial charge is 0.354 e. The third-order valence-electron chi connectivity index (χ3n) is 2.67. The summed E-state index contributed by atoms with van der Waals surface area (Å²) in [5, 5.41) is 12.1. The summed E-state index contributed by atoms with van der Waals surface area (Å²) in [5.74, 6) is -0.258. The molecule has 0 saturated heterocycles.